The molecule has 0 spiro atoms. The van der Waals surface area contributed by atoms with Gasteiger partial charge in [0.25, 0.3) is 0 Å². The van der Waals surface area contributed by atoms with Crippen molar-refractivity contribution < 1.29 is 4.74 Å². The molecule has 1 aromatic heterocycles. The van der Waals surface area contributed by atoms with E-state index in [0.717, 1.165) is 31.8 Å². The molecule has 1 aliphatic rings. The summed E-state index contributed by atoms with van der Waals surface area (Å²) in [6.07, 6.45) is 2.55. The smallest absolute Gasteiger partial charge is 0.130 e. The Bertz CT molecular complexity index is 681. The molecule has 136 valence electrons. The summed E-state index contributed by atoms with van der Waals surface area (Å²) in [6.45, 7) is 4.75. The normalized spacial score (nSPS) is 20.6. The lowest BCUT2D eigenvalue weighted by Gasteiger charge is -2.32. The van der Waals surface area contributed by atoms with Crippen LogP contribution in [-0.2, 0) is 18.3 Å². The number of ether oxygens (including phenoxy) is 1. The molecule has 2 aromatic rings. The molecule has 1 aliphatic heterocycles. The van der Waals surface area contributed by atoms with Gasteiger partial charge in [-0.25, -0.2) is 0 Å². The average molecular weight is 342 g/mol. The fourth-order valence-electron chi connectivity index (χ4n) is 3.90. The highest BCUT2D eigenvalue weighted by atomic mass is 16.5. The first-order valence-electron chi connectivity index (χ1n) is 9.15. The molecule has 2 unspecified atom stereocenters. The van der Waals surface area contributed by atoms with Gasteiger partial charge in [0.15, 0.2) is 0 Å². The van der Waals surface area contributed by atoms with Crippen LogP contribution < -0.4 is 10.2 Å². The fraction of sp³-hybridized carbons (Fsp3) is 0.550. The molecular formula is C20H30N4O. The second-order valence-corrected chi connectivity index (χ2v) is 7.14. The highest BCUT2D eigenvalue weighted by molar-refractivity contribution is 5.48. The van der Waals surface area contributed by atoms with E-state index in [1.54, 1.807) is 0 Å². The minimum atomic E-state index is 0.200. The van der Waals surface area contributed by atoms with E-state index < -0.39 is 0 Å². The third-order valence-corrected chi connectivity index (χ3v) is 5.02. The molecule has 0 saturated carbocycles. The zero-order chi connectivity index (χ0) is 17.8. The molecular weight excluding hydrogens is 312 g/mol. The second kappa shape index (κ2) is 8.02. The van der Waals surface area contributed by atoms with Gasteiger partial charge in [-0.05, 0) is 25.3 Å². The molecule has 1 aromatic carbocycles. The number of aromatic nitrogens is 2. The Balaban J connectivity index is 1.65. The summed E-state index contributed by atoms with van der Waals surface area (Å²) in [7, 11) is 6.15. The molecule has 0 bridgehead atoms. The van der Waals surface area contributed by atoms with Gasteiger partial charge in [-0.3, -0.25) is 4.68 Å². The van der Waals surface area contributed by atoms with E-state index in [1.807, 2.05) is 11.7 Å². The summed E-state index contributed by atoms with van der Waals surface area (Å²) < 4.78 is 8.07. The molecule has 5 heteroatoms. The molecule has 5 nitrogen and oxygen atoms in total. The molecule has 2 heterocycles. The van der Waals surface area contributed by atoms with Crippen LogP contribution in [0, 0.1) is 12.8 Å². The first kappa shape index (κ1) is 18.0. The van der Waals surface area contributed by atoms with E-state index in [1.165, 1.54) is 23.4 Å². The maximum absolute atomic E-state index is 6.10. The third-order valence-electron chi connectivity index (χ3n) is 5.02. The molecule has 25 heavy (non-hydrogen) atoms. The monoisotopic (exact) mass is 342 g/mol. The number of nitrogens with zero attached hydrogens (tertiary/aromatic N) is 3. The lowest BCUT2D eigenvalue weighted by atomic mass is 9.89. The predicted octanol–water partition coefficient (Wildman–Crippen LogP) is 3.05. The average Bonchev–Trinajstić information content (AvgIpc) is 2.90. The van der Waals surface area contributed by atoms with Crippen LogP contribution in [0.4, 0.5) is 5.82 Å². The van der Waals surface area contributed by atoms with Crippen LogP contribution in [0.15, 0.2) is 30.3 Å². The lowest BCUT2D eigenvalue weighted by molar-refractivity contribution is -0.0278. The van der Waals surface area contributed by atoms with Crippen molar-refractivity contribution in [3.63, 3.8) is 0 Å². The topological polar surface area (TPSA) is 42.3 Å². The number of hydrogen-bond acceptors (Lipinski definition) is 4. The first-order chi connectivity index (χ1) is 12.1. The zero-order valence-corrected chi connectivity index (χ0v) is 15.8. The van der Waals surface area contributed by atoms with Crippen molar-refractivity contribution in [1.82, 2.24) is 15.1 Å². The van der Waals surface area contributed by atoms with Crippen molar-refractivity contribution in [3.8, 4) is 0 Å². The Labute approximate surface area is 151 Å². The summed E-state index contributed by atoms with van der Waals surface area (Å²) in [4.78, 5) is 2.13. The molecule has 1 fully saturated rings. The highest BCUT2D eigenvalue weighted by Gasteiger charge is 2.27. The van der Waals surface area contributed by atoms with Gasteiger partial charge in [0, 0.05) is 52.3 Å². The summed E-state index contributed by atoms with van der Waals surface area (Å²) in [5, 5.41) is 8.23. The van der Waals surface area contributed by atoms with Gasteiger partial charge in [-0.2, -0.15) is 5.10 Å². The van der Waals surface area contributed by atoms with Crippen molar-refractivity contribution in [2.75, 3.05) is 32.1 Å². The summed E-state index contributed by atoms with van der Waals surface area (Å²) in [5.41, 5.74) is 3.67. The van der Waals surface area contributed by atoms with E-state index in [9.17, 15) is 0 Å². The quantitative estimate of drug-likeness (QED) is 0.876. The second-order valence-electron chi connectivity index (χ2n) is 7.14. The SMILES string of the molecule is Cc1nn(C)c(N(C)C)c1CNCC1CCCOC1c1ccccc1. The minimum Gasteiger partial charge on any atom is -0.373 e. The standard InChI is InChI=1S/C20H30N4O/c1-15-18(20(23(2)3)24(4)22-15)14-21-13-17-11-8-12-25-19(17)16-9-6-5-7-10-16/h5-7,9-10,17,19,21H,8,11-14H2,1-4H3. The molecule has 2 atom stereocenters. The minimum absolute atomic E-state index is 0.200. The Hall–Kier alpha value is -1.85. The Morgan fingerprint density at radius 3 is 2.76 bits per heavy atom. The van der Waals surface area contributed by atoms with Gasteiger partial charge >= 0.3 is 0 Å². The summed E-state index contributed by atoms with van der Waals surface area (Å²) in [5.74, 6) is 1.68. The molecule has 1 saturated heterocycles. The van der Waals surface area contributed by atoms with Crippen LogP contribution in [0.2, 0.25) is 0 Å². The van der Waals surface area contributed by atoms with Gasteiger partial charge in [-0.1, -0.05) is 30.3 Å². The van der Waals surface area contributed by atoms with Crippen molar-refractivity contribution in [2.45, 2.75) is 32.4 Å². The lowest BCUT2D eigenvalue weighted by Crippen LogP contribution is -2.32. The van der Waals surface area contributed by atoms with Crippen LogP contribution in [-0.4, -0.2) is 37.0 Å². The van der Waals surface area contributed by atoms with E-state index in [0.29, 0.717) is 5.92 Å². The molecule has 1 N–H and O–H groups in total. The predicted molar refractivity (Wildman–Crippen MR) is 102 cm³/mol. The number of benzene rings is 1. The van der Waals surface area contributed by atoms with Gasteiger partial charge in [0.1, 0.15) is 5.82 Å². The number of hydrogen-bond donors (Lipinski definition) is 1. The van der Waals surface area contributed by atoms with E-state index >= 15 is 0 Å². The summed E-state index contributed by atoms with van der Waals surface area (Å²) >= 11 is 0. The Kier molecular flexibility index (Phi) is 5.76. The fourth-order valence-corrected chi connectivity index (χ4v) is 3.90. The van der Waals surface area contributed by atoms with Gasteiger partial charge in [-0.15, -0.1) is 0 Å². The van der Waals surface area contributed by atoms with Crippen molar-refractivity contribution in [1.29, 1.82) is 0 Å². The van der Waals surface area contributed by atoms with Crippen LogP contribution in [0.3, 0.4) is 0 Å². The zero-order valence-electron chi connectivity index (χ0n) is 15.8. The maximum Gasteiger partial charge on any atom is 0.130 e. The van der Waals surface area contributed by atoms with E-state index in [2.05, 4.69) is 66.7 Å². The highest BCUT2D eigenvalue weighted by Crippen LogP contribution is 2.33. The first-order valence-corrected chi connectivity index (χ1v) is 9.15. The third kappa shape index (κ3) is 4.05. The van der Waals surface area contributed by atoms with Crippen LogP contribution in [0.25, 0.3) is 0 Å². The Morgan fingerprint density at radius 2 is 2.04 bits per heavy atom. The summed E-state index contributed by atoms with van der Waals surface area (Å²) in [6, 6.07) is 10.6. The van der Waals surface area contributed by atoms with Crippen molar-refractivity contribution in [2.24, 2.45) is 13.0 Å². The van der Waals surface area contributed by atoms with Gasteiger partial charge < -0.3 is 15.0 Å². The van der Waals surface area contributed by atoms with Crippen LogP contribution in [0.1, 0.15) is 35.8 Å². The number of aryl methyl sites for hydroxylation is 2. The molecule has 3 rings (SSSR count). The largest absolute Gasteiger partial charge is 0.373 e. The maximum atomic E-state index is 6.10. The number of nitrogens with one attached hydrogen (secondary N) is 1. The Morgan fingerprint density at radius 1 is 1.28 bits per heavy atom. The number of rotatable bonds is 6. The van der Waals surface area contributed by atoms with Crippen LogP contribution in [0.5, 0.6) is 0 Å². The number of anilines is 1. The van der Waals surface area contributed by atoms with Gasteiger partial charge in [0.05, 0.1) is 11.8 Å². The molecule has 0 radical (unpaired) electrons. The van der Waals surface area contributed by atoms with Crippen molar-refractivity contribution in [3.05, 3.63) is 47.2 Å². The van der Waals surface area contributed by atoms with Crippen molar-refractivity contribution >= 4 is 5.82 Å². The van der Waals surface area contributed by atoms with Gasteiger partial charge in [0.2, 0.25) is 0 Å². The van der Waals surface area contributed by atoms with E-state index in [4.69, 9.17) is 4.74 Å². The molecule has 0 aliphatic carbocycles. The van der Waals surface area contributed by atoms with E-state index in [-0.39, 0.29) is 6.10 Å². The molecule has 0 amide bonds. The van der Waals surface area contributed by atoms with Crippen LogP contribution >= 0.6 is 0 Å².